The highest BCUT2D eigenvalue weighted by Crippen LogP contribution is 2.34. The zero-order chi connectivity index (χ0) is 13.7. The average molecular weight is 280 g/mol. The van der Waals surface area contributed by atoms with E-state index in [1.807, 2.05) is 4.98 Å². The minimum absolute atomic E-state index is 0.147. The van der Waals surface area contributed by atoms with Crippen LogP contribution in [0, 0.1) is 0 Å². The van der Waals surface area contributed by atoms with Gasteiger partial charge >= 0.3 is 12.1 Å². The number of rotatable bonds is 1. The minimum atomic E-state index is -4.68. The van der Waals surface area contributed by atoms with Crippen LogP contribution < -0.4 is 5.73 Å². The number of carboxylic acids is 1. The van der Waals surface area contributed by atoms with Gasteiger partial charge in [-0.2, -0.15) is 13.2 Å². The number of aromatic carboxylic acids is 1. The van der Waals surface area contributed by atoms with Gasteiger partial charge in [-0.15, -0.1) is 0 Å². The van der Waals surface area contributed by atoms with Crippen molar-refractivity contribution in [2.45, 2.75) is 6.18 Å². The first-order chi connectivity index (χ1) is 8.21. The number of hydrogen-bond acceptors (Lipinski definition) is 3. The lowest BCUT2D eigenvalue weighted by Crippen LogP contribution is -2.06. The summed E-state index contributed by atoms with van der Waals surface area (Å²) < 4.78 is 37.3. The second-order valence-electron chi connectivity index (χ2n) is 3.43. The number of carboxylic acid groups (broad SMARTS) is 1. The largest absolute Gasteiger partial charge is 0.478 e. The molecule has 5 nitrogen and oxygen atoms in total. The number of nitrogen functional groups attached to an aromatic ring is 1. The molecule has 0 atom stereocenters. The van der Waals surface area contributed by atoms with Crippen molar-refractivity contribution in [1.82, 2.24) is 9.97 Å². The fraction of sp³-hybridized carbons (Fsp3) is 0.111. The van der Waals surface area contributed by atoms with E-state index in [1.165, 1.54) is 0 Å². The fourth-order valence-electron chi connectivity index (χ4n) is 1.44. The van der Waals surface area contributed by atoms with Gasteiger partial charge in [0.1, 0.15) is 0 Å². The van der Waals surface area contributed by atoms with Crippen molar-refractivity contribution in [2.24, 2.45) is 0 Å². The molecule has 0 bridgehead atoms. The molecule has 1 aromatic carbocycles. The first-order valence-corrected chi connectivity index (χ1v) is 4.87. The molecule has 0 saturated heterocycles. The molecule has 0 radical (unpaired) electrons. The van der Waals surface area contributed by atoms with Gasteiger partial charge < -0.3 is 15.8 Å². The maximum Gasteiger partial charge on any atom is 0.449 e. The Bertz CT molecular complexity index is 651. The maximum atomic E-state index is 12.4. The molecule has 2 aromatic rings. The molecule has 0 unspecified atom stereocenters. The molecule has 2 rings (SSSR count). The molecule has 4 N–H and O–H groups in total. The van der Waals surface area contributed by atoms with Gasteiger partial charge in [0.25, 0.3) is 0 Å². The van der Waals surface area contributed by atoms with E-state index in [-0.39, 0.29) is 21.7 Å². The summed E-state index contributed by atoms with van der Waals surface area (Å²) in [7, 11) is 0. The van der Waals surface area contributed by atoms with E-state index in [4.69, 9.17) is 22.4 Å². The number of anilines is 1. The van der Waals surface area contributed by atoms with Crippen molar-refractivity contribution in [3.8, 4) is 0 Å². The highest BCUT2D eigenvalue weighted by molar-refractivity contribution is 6.38. The number of aromatic amines is 1. The second kappa shape index (κ2) is 3.77. The fourth-order valence-corrected chi connectivity index (χ4v) is 1.68. The maximum absolute atomic E-state index is 12.4. The lowest BCUT2D eigenvalue weighted by Gasteiger charge is -2.03. The van der Waals surface area contributed by atoms with Gasteiger partial charge in [0.2, 0.25) is 5.82 Å². The zero-order valence-corrected chi connectivity index (χ0v) is 9.23. The molecule has 18 heavy (non-hydrogen) atoms. The lowest BCUT2D eigenvalue weighted by atomic mass is 10.1. The Morgan fingerprint density at radius 1 is 1.50 bits per heavy atom. The molecular weight excluding hydrogens is 275 g/mol. The van der Waals surface area contributed by atoms with E-state index >= 15 is 0 Å². The van der Waals surface area contributed by atoms with E-state index in [0.717, 1.165) is 6.07 Å². The van der Waals surface area contributed by atoms with Crippen LogP contribution in [0.4, 0.5) is 18.9 Å². The average Bonchev–Trinajstić information content (AvgIpc) is 2.66. The lowest BCUT2D eigenvalue weighted by molar-refractivity contribution is -0.144. The topological polar surface area (TPSA) is 92.0 Å². The summed E-state index contributed by atoms with van der Waals surface area (Å²) in [6.07, 6.45) is -4.68. The summed E-state index contributed by atoms with van der Waals surface area (Å²) >= 11 is 5.71. The van der Waals surface area contributed by atoms with Gasteiger partial charge in [-0.3, -0.25) is 0 Å². The number of H-pyrrole nitrogens is 1. The summed E-state index contributed by atoms with van der Waals surface area (Å²) in [5, 5.41) is 8.52. The third kappa shape index (κ3) is 1.84. The standard InChI is InChI=1S/C9H5ClF3N3O2/c10-4-5(14)2(7(17)18)1-3-6(4)16-8(15-3)9(11,12)13/h1H,14H2,(H,15,16)(H,17,18). The van der Waals surface area contributed by atoms with E-state index < -0.39 is 23.5 Å². The highest BCUT2D eigenvalue weighted by atomic mass is 35.5. The molecule has 9 heteroatoms. The van der Waals surface area contributed by atoms with Crippen LogP contribution in [0.25, 0.3) is 11.0 Å². The molecular formula is C9H5ClF3N3O2. The van der Waals surface area contributed by atoms with Gasteiger partial charge in [-0.25, -0.2) is 9.78 Å². The number of alkyl halides is 3. The zero-order valence-electron chi connectivity index (χ0n) is 8.47. The van der Waals surface area contributed by atoms with Gasteiger partial charge in [0, 0.05) is 0 Å². The molecule has 0 saturated carbocycles. The van der Waals surface area contributed by atoms with Gasteiger partial charge in [-0.05, 0) is 6.07 Å². The molecule has 0 amide bonds. The third-order valence-electron chi connectivity index (χ3n) is 2.26. The number of aromatic nitrogens is 2. The summed E-state index contributed by atoms with van der Waals surface area (Å²) in [6.45, 7) is 0. The Morgan fingerprint density at radius 3 is 2.61 bits per heavy atom. The number of benzene rings is 1. The number of fused-ring (bicyclic) bond motifs is 1. The van der Waals surface area contributed by atoms with Crippen molar-refractivity contribution in [3.05, 3.63) is 22.5 Å². The number of halogens is 4. The van der Waals surface area contributed by atoms with E-state index in [0.29, 0.717) is 0 Å². The molecule has 1 aromatic heterocycles. The molecule has 0 aliphatic carbocycles. The second-order valence-corrected chi connectivity index (χ2v) is 3.81. The summed E-state index contributed by atoms with van der Waals surface area (Å²) in [5.74, 6) is -2.66. The van der Waals surface area contributed by atoms with Gasteiger partial charge in [-0.1, -0.05) is 11.6 Å². The summed E-state index contributed by atoms with van der Waals surface area (Å²) in [6, 6.07) is 0.935. The predicted molar refractivity (Wildman–Crippen MR) is 57.5 cm³/mol. The van der Waals surface area contributed by atoms with Crippen molar-refractivity contribution >= 4 is 34.3 Å². The van der Waals surface area contributed by atoms with Gasteiger partial charge in [0.05, 0.1) is 27.3 Å². The Kier molecular flexibility index (Phi) is 2.62. The molecule has 0 fully saturated rings. The number of carbonyl (C=O) groups is 1. The van der Waals surface area contributed by atoms with Gasteiger partial charge in [0.15, 0.2) is 0 Å². The minimum Gasteiger partial charge on any atom is -0.478 e. The number of nitrogens with one attached hydrogen (secondary N) is 1. The van der Waals surface area contributed by atoms with Crippen LogP contribution in [0.15, 0.2) is 6.07 Å². The number of nitrogens with zero attached hydrogens (tertiary/aromatic N) is 1. The van der Waals surface area contributed by atoms with Crippen LogP contribution in [0.1, 0.15) is 16.2 Å². The van der Waals surface area contributed by atoms with E-state index in [1.54, 1.807) is 0 Å². The Morgan fingerprint density at radius 2 is 2.11 bits per heavy atom. The summed E-state index contributed by atoms with van der Waals surface area (Å²) in [4.78, 5) is 16.0. The SMILES string of the molecule is Nc1c(C(=O)O)cc2nc(C(F)(F)F)[nH]c2c1Cl. The number of imidazole rings is 1. The smallest absolute Gasteiger partial charge is 0.449 e. The van der Waals surface area contributed by atoms with Crippen LogP contribution in [0.3, 0.4) is 0 Å². The Labute approximate surface area is 102 Å². The molecule has 0 aliphatic rings. The molecule has 0 aliphatic heterocycles. The van der Waals surface area contributed by atoms with Crippen LogP contribution in [-0.2, 0) is 6.18 Å². The van der Waals surface area contributed by atoms with Crippen LogP contribution in [0.5, 0.6) is 0 Å². The van der Waals surface area contributed by atoms with Crippen molar-refractivity contribution in [1.29, 1.82) is 0 Å². The third-order valence-corrected chi connectivity index (χ3v) is 2.65. The van der Waals surface area contributed by atoms with Crippen LogP contribution in [0.2, 0.25) is 5.02 Å². The van der Waals surface area contributed by atoms with Crippen LogP contribution >= 0.6 is 11.6 Å². The van der Waals surface area contributed by atoms with E-state index in [2.05, 4.69) is 4.98 Å². The molecule has 96 valence electrons. The highest BCUT2D eigenvalue weighted by Gasteiger charge is 2.35. The van der Waals surface area contributed by atoms with Crippen LogP contribution in [-0.4, -0.2) is 21.0 Å². The molecule has 0 spiro atoms. The number of hydrogen-bond donors (Lipinski definition) is 3. The first kappa shape index (κ1) is 12.5. The van der Waals surface area contributed by atoms with Crippen molar-refractivity contribution < 1.29 is 23.1 Å². The predicted octanol–water partition coefficient (Wildman–Crippen LogP) is 2.52. The Hall–Kier alpha value is -1.96. The first-order valence-electron chi connectivity index (χ1n) is 4.50. The van der Waals surface area contributed by atoms with Crippen molar-refractivity contribution in [2.75, 3.05) is 5.73 Å². The number of nitrogens with two attached hydrogens (primary N) is 1. The molecule has 1 heterocycles. The Balaban J connectivity index is 2.78. The quantitative estimate of drug-likeness (QED) is 0.699. The summed E-state index contributed by atoms with van der Waals surface area (Å²) in [5.41, 5.74) is 4.36. The van der Waals surface area contributed by atoms with Crippen molar-refractivity contribution in [3.63, 3.8) is 0 Å². The van der Waals surface area contributed by atoms with E-state index in [9.17, 15) is 18.0 Å². The monoisotopic (exact) mass is 279 g/mol. The normalized spacial score (nSPS) is 12.0.